The van der Waals surface area contributed by atoms with E-state index < -0.39 is 5.97 Å². The number of carbonyl (C=O) groups excluding carboxylic acids is 2. The molecule has 0 aromatic heterocycles. The summed E-state index contributed by atoms with van der Waals surface area (Å²) < 4.78 is 4.80. The van der Waals surface area contributed by atoms with E-state index in [1.54, 1.807) is 30.3 Å². The molecule has 8 heteroatoms. The molecule has 0 spiro atoms. The molecule has 2 aromatic carbocycles. The third-order valence-corrected chi connectivity index (χ3v) is 5.71. The average Bonchev–Trinajstić information content (AvgIpc) is 3.00. The lowest BCUT2D eigenvalue weighted by Crippen LogP contribution is -2.35. The Morgan fingerprint density at radius 1 is 1.10 bits per heavy atom. The molecule has 3 rings (SSSR count). The number of esters is 1. The maximum Gasteiger partial charge on any atom is 0.325 e. The topological polar surface area (TPSA) is 53.1 Å². The van der Waals surface area contributed by atoms with Crippen LogP contribution in [0.3, 0.4) is 0 Å². The molecule has 1 heterocycles. The van der Waals surface area contributed by atoms with E-state index in [1.807, 2.05) is 24.3 Å². The van der Waals surface area contributed by atoms with E-state index in [9.17, 15) is 9.59 Å². The van der Waals surface area contributed by atoms with Crippen LogP contribution in [0, 0.1) is 0 Å². The Bertz CT molecular complexity index is 1000. The highest BCUT2D eigenvalue weighted by Crippen LogP contribution is 2.30. The maximum atomic E-state index is 13.3. The van der Waals surface area contributed by atoms with Crippen molar-refractivity contribution in [3.05, 3.63) is 64.8 Å². The van der Waals surface area contributed by atoms with Crippen LogP contribution in [0.5, 0.6) is 0 Å². The molecule has 162 valence electrons. The fourth-order valence-electron chi connectivity index (χ4n) is 3.37. The number of carbonyl (C=O) groups is 2. The fraction of sp³-hybridized carbons (Fsp3) is 0.261. The van der Waals surface area contributed by atoms with E-state index in [-0.39, 0.29) is 17.6 Å². The van der Waals surface area contributed by atoms with Gasteiger partial charge in [-0.05, 0) is 74.1 Å². The van der Waals surface area contributed by atoms with Gasteiger partial charge in [-0.2, -0.15) is 0 Å². The lowest BCUT2D eigenvalue weighted by atomic mass is 10.1. The number of anilines is 2. The number of hydrogen-bond acceptors (Lipinski definition) is 5. The Hall–Kier alpha value is -2.90. The summed E-state index contributed by atoms with van der Waals surface area (Å²) in [5, 5.41) is 0.764. The largest absolute Gasteiger partial charge is 0.468 e. The Labute approximate surface area is 192 Å². The third kappa shape index (κ3) is 4.89. The highest BCUT2D eigenvalue weighted by atomic mass is 35.5. The second kappa shape index (κ2) is 9.94. The summed E-state index contributed by atoms with van der Waals surface area (Å²) >= 11 is 11.5. The molecule has 0 radical (unpaired) electrons. The van der Waals surface area contributed by atoms with Gasteiger partial charge in [0.15, 0.2) is 5.11 Å². The number of hydrogen-bond donors (Lipinski definition) is 0. The molecule has 31 heavy (non-hydrogen) atoms. The lowest BCUT2D eigenvalue weighted by molar-refractivity contribution is -0.140. The minimum Gasteiger partial charge on any atom is -0.468 e. The van der Waals surface area contributed by atoms with E-state index in [2.05, 4.69) is 18.7 Å². The van der Waals surface area contributed by atoms with Crippen molar-refractivity contribution >= 4 is 58.3 Å². The predicted molar refractivity (Wildman–Crippen MR) is 128 cm³/mol. The summed E-state index contributed by atoms with van der Waals surface area (Å²) in [7, 11) is 1.30. The summed E-state index contributed by atoms with van der Waals surface area (Å²) in [6, 6.07) is 14.7. The number of rotatable bonds is 7. The quantitative estimate of drug-likeness (QED) is 0.350. The number of methoxy groups -OCH3 is 1. The van der Waals surface area contributed by atoms with Crippen molar-refractivity contribution in [1.29, 1.82) is 0 Å². The minimum absolute atomic E-state index is 0.158. The average molecular weight is 458 g/mol. The molecule has 6 nitrogen and oxygen atoms in total. The smallest absolute Gasteiger partial charge is 0.325 e. The van der Waals surface area contributed by atoms with Gasteiger partial charge in [-0.15, -0.1) is 0 Å². The zero-order valence-electron chi connectivity index (χ0n) is 17.7. The van der Waals surface area contributed by atoms with Gasteiger partial charge < -0.3 is 14.5 Å². The van der Waals surface area contributed by atoms with Crippen molar-refractivity contribution in [3.8, 4) is 0 Å². The Kier molecular flexibility index (Phi) is 7.30. The van der Waals surface area contributed by atoms with E-state index in [0.717, 1.165) is 24.3 Å². The predicted octanol–water partition coefficient (Wildman–Crippen LogP) is 4.33. The van der Waals surface area contributed by atoms with Crippen molar-refractivity contribution in [1.82, 2.24) is 4.90 Å². The second-order valence-electron chi connectivity index (χ2n) is 6.86. The van der Waals surface area contributed by atoms with Crippen LogP contribution in [-0.2, 0) is 14.3 Å². The first-order valence-electron chi connectivity index (χ1n) is 9.94. The van der Waals surface area contributed by atoms with Crippen LogP contribution < -0.4 is 9.80 Å². The van der Waals surface area contributed by atoms with Crippen LogP contribution in [0.1, 0.15) is 19.4 Å². The van der Waals surface area contributed by atoms with Crippen LogP contribution in [0.25, 0.3) is 6.08 Å². The normalized spacial score (nSPS) is 15.0. The molecule has 0 aliphatic carbocycles. The first kappa shape index (κ1) is 22.8. The number of benzene rings is 2. The summed E-state index contributed by atoms with van der Waals surface area (Å²) in [5.74, 6) is -0.806. The van der Waals surface area contributed by atoms with Gasteiger partial charge in [0.2, 0.25) is 0 Å². The van der Waals surface area contributed by atoms with Crippen molar-refractivity contribution in [2.75, 3.05) is 36.5 Å². The Morgan fingerprint density at radius 3 is 2.26 bits per heavy atom. The maximum absolute atomic E-state index is 13.3. The Balaban J connectivity index is 1.98. The fourth-order valence-corrected chi connectivity index (χ4v) is 3.85. The molecule has 1 saturated heterocycles. The monoisotopic (exact) mass is 457 g/mol. The van der Waals surface area contributed by atoms with Crippen LogP contribution in [-0.4, -0.2) is 48.6 Å². The third-order valence-electron chi connectivity index (χ3n) is 5.06. The zero-order valence-corrected chi connectivity index (χ0v) is 19.2. The molecule has 1 amide bonds. The number of ether oxygens (including phenoxy) is 1. The number of amides is 1. The van der Waals surface area contributed by atoms with Gasteiger partial charge in [0.1, 0.15) is 12.2 Å². The van der Waals surface area contributed by atoms with E-state index >= 15 is 0 Å². The number of nitrogens with zero attached hydrogens (tertiary/aromatic N) is 3. The lowest BCUT2D eigenvalue weighted by Gasteiger charge is -2.21. The zero-order chi connectivity index (χ0) is 22.5. The van der Waals surface area contributed by atoms with Gasteiger partial charge in [-0.1, -0.05) is 23.7 Å². The summed E-state index contributed by atoms with van der Waals surface area (Å²) in [6.45, 7) is 5.87. The highest BCUT2D eigenvalue weighted by Gasteiger charge is 2.40. The summed E-state index contributed by atoms with van der Waals surface area (Å²) in [6.07, 6.45) is 1.74. The van der Waals surface area contributed by atoms with Crippen LogP contribution in [0.15, 0.2) is 54.2 Å². The minimum atomic E-state index is -0.490. The first-order valence-corrected chi connectivity index (χ1v) is 10.7. The molecule has 1 aliphatic heterocycles. The van der Waals surface area contributed by atoms with Gasteiger partial charge in [0.25, 0.3) is 5.91 Å². The molecule has 0 N–H and O–H groups in total. The van der Waals surface area contributed by atoms with Gasteiger partial charge in [-0.25, -0.2) is 0 Å². The van der Waals surface area contributed by atoms with Gasteiger partial charge >= 0.3 is 5.97 Å². The van der Waals surface area contributed by atoms with Crippen LogP contribution >= 0.6 is 23.8 Å². The van der Waals surface area contributed by atoms with Crippen molar-refractivity contribution in [2.24, 2.45) is 0 Å². The van der Waals surface area contributed by atoms with Crippen molar-refractivity contribution < 1.29 is 14.3 Å². The number of halogens is 1. The van der Waals surface area contributed by atoms with Crippen LogP contribution in [0.4, 0.5) is 11.4 Å². The molecule has 1 fully saturated rings. The van der Waals surface area contributed by atoms with Crippen molar-refractivity contribution in [3.63, 3.8) is 0 Å². The molecule has 0 unspecified atom stereocenters. The second-order valence-corrected chi connectivity index (χ2v) is 7.66. The van der Waals surface area contributed by atoms with Gasteiger partial charge in [0, 0.05) is 23.8 Å². The Morgan fingerprint density at radius 2 is 1.71 bits per heavy atom. The number of thiocarbonyl (C=S) groups is 1. The van der Waals surface area contributed by atoms with Crippen molar-refractivity contribution in [2.45, 2.75) is 13.8 Å². The SMILES string of the molecule is CCN(CC)c1ccc(/C=C2/C(=O)N(c3ccc(Cl)cc3)C(=S)N2CC(=O)OC)cc1. The van der Waals surface area contributed by atoms with E-state index in [0.29, 0.717) is 16.4 Å². The summed E-state index contributed by atoms with van der Waals surface area (Å²) in [4.78, 5) is 30.4. The van der Waals surface area contributed by atoms with Gasteiger partial charge in [-0.3, -0.25) is 14.5 Å². The van der Waals surface area contributed by atoms with Crippen LogP contribution in [0.2, 0.25) is 5.02 Å². The molecule has 2 aromatic rings. The summed E-state index contributed by atoms with van der Waals surface area (Å²) in [5.41, 5.74) is 2.82. The molecule has 0 bridgehead atoms. The standard InChI is InChI=1S/C23H24ClN3O3S/c1-4-25(5-2)18-10-6-16(7-11-18)14-20-22(29)27(19-12-8-17(24)9-13-19)23(31)26(20)15-21(28)30-3/h6-14H,4-5,15H2,1-3H3/b20-14-. The molecular weight excluding hydrogens is 434 g/mol. The molecule has 0 atom stereocenters. The highest BCUT2D eigenvalue weighted by molar-refractivity contribution is 7.80. The van der Waals surface area contributed by atoms with E-state index in [1.165, 1.54) is 16.9 Å². The molecular formula is C23H24ClN3O3S. The molecule has 1 aliphatic rings. The molecule has 0 saturated carbocycles. The van der Waals surface area contributed by atoms with Gasteiger partial charge in [0.05, 0.1) is 12.8 Å². The first-order chi connectivity index (χ1) is 14.9. The van der Waals surface area contributed by atoms with E-state index in [4.69, 9.17) is 28.6 Å².